The summed E-state index contributed by atoms with van der Waals surface area (Å²) in [6.07, 6.45) is 1.62. The van der Waals surface area contributed by atoms with Gasteiger partial charge in [0.15, 0.2) is 0 Å². The van der Waals surface area contributed by atoms with E-state index in [4.69, 9.17) is 5.73 Å². The molecular weight excluding hydrogens is 176 g/mol. The molecule has 0 spiro atoms. The number of carbonyl (C=O) groups excluding carboxylic acids is 1. The number of carbonyl (C=O) groups is 1. The fraction of sp³-hybridized carbons (Fsp3) is 0.364. The van der Waals surface area contributed by atoms with Gasteiger partial charge in [-0.2, -0.15) is 0 Å². The molecule has 0 radical (unpaired) electrons. The molecule has 1 aromatic rings. The van der Waals surface area contributed by atoms with E-state index in [0.717, 1.165) is 18.7 Å². The zero-order valence-electron chi connectivity index (χ0n) is 7.99. The minimum Gasteiger partial charge on any atom is -0.399 e. The van der Waals surface area contributed by atoms with Gasteiger partial charge in [-0.05, 0) is 30.0 Å². The van der Waals surface area contributed by atoms with Gasteiger partial charge in [-0.3, -0.25) is 4.79 Å². The molecule has 1 fully saturated rings. The molecule has 1 amide bonds. The molecule has 14 heavy (non-hydrogen) atoms. The van der Waals surface area contributed by atoms with E-state index >= 15 is 0 Å². The van der Waals surface area contributed by atoms with Crippen LogP contribution in [0.15, 0.2) is 24.3 Å². The Morgan fingerprint density at radius 3 is 2.64 bits per heavy atom. The second kappa shape index (κ2) is 3.70. The van der Waals surface area contributed by atoms with Crippen molar-refractivity contribution in [2.24, 2.45) is 0 Å². The van der Waals surface area contributed by atoms with E-state index < -0.39 is 0 Å². The maximum Gasteiger partial charge on any atom is 0.220 e. The van der Waals surface area contributed by atoms with Crippen LogP contribution < -0.4 is 11.1 Å². The maximum absolute atomic E-state index is 11.2. The van der Waals surface area contributed by atoms with Gasteiger partial charge < -0.3 is 11.1 Å². The zero-order chi connectivity index (χ0) is 9.97. The van der Waals surface area contributed by atoms with Crippen molar-refractivity contribution in [2.75, 3.05) is 12.3 Å². The summed E-state index contributed by atoms with van der Waals surface area (Å²) in [5.41, 5.74) is 7.59. The largest absolute Gasteiger partial charge is 0.399 e. The van der Waals surface area contributed by atoms with E-state index in [1.165, 1.54) is 5.56 Å². The predicted octanol–water partition coefficient (Wildman–Crippen LogP) is 1.26. The Labute approximate surface area is 83.3 Å². The average molecular weight is 190 g/mol. The molecule has 74 valence electrons. The molecular formula is C11H14N2O. The number of anilines is 1. The number of piperidine rings is 1. The van der Waals surface area contributed by atoms with Crippen molar-refractivity contribution in [2.45, 2.75) is 18.8 Å². The van der Waals surface area contributed by atoms with Crippen LogP contribution in [0.1, 0.15) is 24.3 Å². The van der Waals surface area contributed by atoms with Crippen LogP contribution in [0.3, 0.4) is 0 Å². The van der Waals surface area contributed by atoms with E-state index in [1.54, 1.807) is 0 Å². The Hall–Kier alpha value is -1.51. The van der Waals surface area contributed by atoms with Crippen LogP contribution in [0.4, 0.5) is 5.69 Å². The highest BCUT2D eigenvalue weighted by Gasteiger charge is 2.19. The summed E-state index contributed by atoms with van der Waals surface area (Å²) in [6, 6.07) is 7.81. The third-order valence-corrected chi connectivity index (χ3v) is 2.65. The van der Waals surface area contributed by atoms with Crippen molar-refractivity contribution >= 4 is 11.6 Å². The predicted molar refractivity (Wildman–Crippen MR) is 55.8 cm³/mol. The molecule has 0 saturated carbocycles. The van der Waals surface area contributed by atoms with Gasteiger partial charge in [0.25, 0.3) is 0 Å². The summed E-state index contributed by atoms with van der Waals surface area (Å²) in [5.74, 6) is 0.516. The van der Waals surface area contributed by atoms with Gasteiger partial charge in [-0.15, -0.1) is 0 Å². The topological polar surface area (TPSA) is 55.1 Å². The Bertz CT molecular complexity index is 332. The first-order valence-corrected chi connectivity index (χ1v) is 4.88. The van der Waals surface area contributed by atoms with Gasteiger partial charge in [0.05, 0.1) is 0 Å². The molecule has 1 aliphatic heterocycles. The summed E-state index contributed by atoms with van der Waals surface area (Å²) in [4.78, 5) is 11.2. The Balaban J connectivity index is 2.14. The smallest absolute Gasteiger partial charge is 0.220 e. The van der Waals surface area contributed by atoms with Crippen LogP contribution in [-0.2, 0) is 4.79 Å². The normalized spacial score (nSPS) is 21.7. The monoisotopic (exact) mass is 190 g/mol. The first-order chi connectivity index (χ1) is 6.75. The Morgan fingerprint density at radius 2 is 2.00 bits per heavy atom. The maximum atomic E-state index is 11.2. The highest BCUT2D eigenvalue weighted by atomic mass is 16.1. The van der Waals surface area contributed by atoms with E-state index in [9.17, 15) is 4.79 Å². The highest BCUT2D eigenvalue weighted by molar-refractivity contribution is 5.77. The Morgan fingerprint density at radius 1 is 1.29 bits per heavy atom. The van der Waals surface area contributed by atoms with Gasteiger partial charge in [-0.1, -0.05) is 12.1 Å². The molecule has 1 aromatic carbocycles. The van der Waals surface area contributed by atoms with Crippen LogP contribution in [0.5, 0.6) is 0 Å². The molecule has 1 aliphatic rings. The lowest BCUT2D eigenvalue weighted by atomic mass is 9.90. The molecule has 3 nitrogen and oxygen atoms in total. The van der Waals surface area contributed by atoms with Gasteiger partial charge >= 0.3 is 0 Å². The minimum atomic E-state index is 0.151. The summed E-state index contributed by atoms with van der Waals surface area (Å²) >= 11 is 0. The molecule has 0 aliphatic carbocycles. The third-order valence-electron chi connectivity index (χ3n) is 2.65. The summed E-state index contributed by atoms with van der Waals surface area (Å²) in [6.45, 7) is 0.786. The van der Waals surface area contributed by atoms with Crippen molar-refractivity contribution in [3.63, 3.8) is 0 Å². The van der Waals surface area contributed by atoms with Crippen molar-refractivity contribution in [1.29, 1.82) is 0 Å². The van der Waals surface area contributed by atoms with E-state index in [0.29, 0.717) is 12.3 Å². The third kappa shape index (κ3) is 1.87. The van der Waals surface area contributed by atoms with Gasteiger partial charge in [0.2, 0.25) is 5.91 Å². The van der Waals surface area contributed by atoms with E-state index in [2.05, 4.69) is 5.32 Å². The number of hydrogen-bond acceptors (Lipinski definition) is 2. The molecule has 3 N–H and O–H groups in total. The van der Waals surface area contributed by atoms with Crippen LogP contribution in [0, 0.1) is 0 Å². The van der Waals surface area contributed by atoms with E-state index in [-0.39, 0.29) is 5.91 Å². The van der Waals surface area contributed by atoms with Crippen molar-refractivity contribution in [3.05, 3.63) is 29.8 Å². The molecule has 2 rings (SSSR count). The van der Waals surface area contributed by atoms with E-state index in [1.807, 2.05) is 24.3 Å². The Kier molecular flexibility index (Phi) is 2.39. The number of hydrogen-bond donors (Lipinski definition) is 2. The number of benzene rings is 1. The molecule has 0 aromatic heterocycles. The molecule has 0 bridgehead atoms. The second-order valence-electron chi connectivity index (χ2n) is 3.71. The zero-order valence-corrected chi connectivity index (χ0v) is 7.99. The highest BCUT2D eigenvalue weighted by Crippen LogP contribution is 2.25. The first-order valence-electron chi connectivity index (χ1n) is 4.88. The van der Waals surface area contributed by atoms with Crippen molar-refractivity contribution in [3.8, 4) is 0 Å². The van der Waals surface area contributed by atoms with Gasteiger partial charge in [0, 0.05) is 18.7 Å². The molecule has 1 unspecified atom stereocenters. The van der Waals surface area contributed by atoms with Crippen molar-refractivity contribution in [1.82, 2.24) is 5.32 Å². The first kappa shape index (κ1) is 9.06. The second-order valence-corrected chi connectivity index (χ2v) is 3.71. The minimum absolute atomic E-state index is 0.151. The standard InChI is InChI=1S/C11H14N2O/c12-10-3-1-8(2-4-10)9-5-6-13-11(14)7-9/h1-4,9H,5-7,12H2,(H,13,14). The van der Waals surface area contributed by atoms with Crippen LogP contribution in [0.25, 0.3) is 0 Å². The lowest BCUT2D eigenvalue weighted by molar-refractivity contribution is -0.122. The molecule has 3 heteroatoms. The number of rotatable bonds is 1. The fourth-order valence-electron chi connectivity index (χ4n) is 1.84. The summed E-state index contributed by atoms with van der Waals surface area (Å²) < 4.78 is 0. The number of nitrogens with two attached hydrogens (primary N) is 1. The van der Waals surface area contributed by atoms with Crippen LogP contribution >= 0.6 is 0 Å². The molecule has 1 saturated heterocycles. The van der Waals surface area contributed by atoms with Crippen molar-refractivity contribution < 1.29 is 4.79 Å². The summed E-state index contributed by atoms with van der Waals surface area (Å²) in [7, 11) is 0. The number of amides is 1. The van der Waals surface area contributed by atoms with Crippen LogP contribution in [0.2, 0.25) is 0 Å². The summed E-state index contributed by atoms with van der Waals surface area (Å²) in [5, 5.41) is 2.83. The van der Waals surface area contributed by atoms with Gasteiger partial charge in [-0.25, -0.2) is 0 Å². The lowest BCUT2D eigenvalue weighted by Crippen LogP contribution is -2.32. The fourth-order valence-corrected chi connectivity index (χ4v) is 1.84. The molecule has 1 atom stereocenters. The quantitative estimate of drug-likeness (QED) is 0.655. The SMILES string of the molecule is Nc1ccc(C2CCNC(=O)C2)cc1. The number of nitrogens with one attached hydrogen (secondary N) is 1. The number of nitrogen functional groups attached to an aromatic ring is 1. The van der Waals surface area contributed by atoms with Crippen LogP contribution in [-0.4, -0.2) is 12.5 Å². The molecule has 1 heterocycles. The average Bonchev–Trinajstić information content (AvgIpc) is 2.19. The van der Waals surface area contributed by atoms with Gasteiger partial charge in [0.1, 0.15) is 0 Å². The lowest BCUT2D eigenvalue weighted by Gasteiger charge is -2.22.